The van der Waals surface area contributed by atoms with E-state index in [1.54, 1.807) is 17.0 Å². The van der Waals surface area contributed by atoms with Crippen LogP contribution >= 0.6 is 11.6 Å². The topological polar surface area (TPSA) is 58.6 Å². The van der Waals surface area contributed by atoms with Crippen molar-refractivity contribution in [3.05, 3.63) is 28.8 Å². The second-order valence-electron chi connectivity index (χ2n) is 5.42. The van der Waals surface area contributed by atoms with E-state index in [9.17, 15) is 9.59 Å². The maximum absolute atomic E-state index is 12.0. The van der Waals surface area contributed by atoms with Gasteiger partial charge in [-0.15, -0.1) is 0 Å². The Hall–Kier alpha value is -1.75. The largest absolute Gasteiger partial charge is 0.483 e. The molecule has 1 saturated carbocycles. The fraction of sp³-hybridized carbons (Fsp3) is 0.467. The number of halogens is 1. The lowest BCUT2D eigenvalue weighted by Crippen LogP contribution is -2.39. The number of hydrogen-bond donors (Lipinski definition) is 1. The first-order chi connectivity index (χ1) is 10.1. The van der Waals surface area contributed by atoms with E-state index in [4.69, 9.17) is 16.3 Å². The molecule has 1 heterocycles. The average Bonchev–Trinajstić information content (AvgIpc) is 3.29. The Morgan fingerprint density at radius 3 is 3.00 bits per heavy atom. The number of nitrogens with one attached hydrogen (secondary N) is 1. The number of amides is 2. The van der Waals surface area contributed by atoms with Gasteiger partial charge < -0.3 is 15.0 Å². The lowest BCUT2D eigenvalue weighted by atomic mass is 10.2. The van der Waals surface area contributed by atoms with E-state index in [1.807, 2.05) is 6.07 Å². The predicted molar refractivity (Wildman–Crippen MR) is 78.1 cm³/mol. The third-order valence-corrected chi connectivity index (χ3v) is 3.95. The molecule has 1 aromatic carbocycles. The number of ether oxygens (including phenoxy) is 1. The first kappa shape index (κ1) is 14.2. The van der Waals surface area contributed by atoms with E-state index >= 15 is 0 Å². The minimum atomic E-state index is -0.0806. The number of hydrogen-bond acceptors (Lipinski definition) is 3. The summed E-state index contributed by atoms with van der Waals surface area (Å²) in [5.74, 6) is 0.893. The van der Waals surface area contributed by atoms with E-state index in [0.29, 0.717) is 30.4 Å². The number of benzene rings is 1. The third-order valence-electron chi connectivity index (χ3n) is 3.72. The Kier molecular flexibility index (Phi) is 4.01. The monoisotopic (exact) mass is 308 g/mol. The van der Waals surface area contributed by atoms with Gasteiger partial charge in [0.15, 0.2) is 6.61 Å². The van der Waals surface area contributed by atoms with Crippen LogP contribution in [0, 0.1) is 5.92 Å². The summed E-state index contributed by atoms with van der Waals surface area (Å²) >= 11 is 5.99. The van der Waals surface area contributed by atoms with E-state index in [0.717, 1.165) is 18.4 Å². The van der Waals surface area contributed by atoms with Crippen LogP contribution in [0.4, 0.5) is 0 Å². The molecule has 1 N–H and O–H groups in total. The summed E-state index contributed by atoms with van der Waals surface area (Å²) in [6, 6.07) is 5.34. The van der Waals surface area contributed by atoms with Gasteiger partial charge >= 0.3 is 0 Å². The van der Waals surface area contributed by atoms with Gasteiger partial charge in [0.2, 0.25) is 5.91 Å². The fourth-order valence-corrected chi connectivity index (χ4v) is 2.54. The molecule has 112 valence electrons. The normalized spacial score (nSPS) is 17.8. The smallest absolute Gasteiger partial charge is 0.260 e. The molecule has 3 rings (SSSR count). The van der Waals surface area contributed by atoms with Crippen LogP contribution in [0.3, 0.4) is 0 Å². The van der Waals surface area contributed by atoms with Gasteiger partial charge in [0.1, 0.15) is 5.75 Å². The lowest BCUT2D eigenvalue weighted by molar-refractivity contribution is -0.133. The summed E-state index contributed by atoms with van der Waals surface area (Å²) < 4.78 is 5.48. The van der Waals surface area contributed by atoms with Gasteiger partial charge in [-0.05, 0) is 31.0 Å². The molecule has 1 aromatic rings. The molecule has 6 heteroatoms. The van der Waals surface area contributed by atoms with Crippen molar-refractivity contribution in [2.75, 3.05) is 19.7 Å². The highest BCUT2D eigenvalue weighted by atomic mass is 35.5. The number of nitrogens with zero attached hydrogens (tertiary/aromatic N) is 1. The Bertz CT molecular complexity index is 572. The van der Waals surface area contributed by atoms with E-state index in [1.165, 1.54) is 0 Å². The molecular formula is C15H17ClN2O3. The van der Waals surface area contributed by atoms with E-state index < -0.39 is 0 Å². The molecule has 1 fully saturated rings. The van der Waals surface area contributed by atoms with Gasteiger partial charge in [0, 0.05) is 36.1 Å². The zero-order valence-electron chi connectivity index (χ0n) is 11.6. The molecule has 2 amide bonds. The van der Waals surface area contributed by atoms with Gasteiger partial charge in [0.05, 0.1) is 0 Å². The molecule has 0 atom stereocenters. The molecule has 0 aromatic heterocycles. The van der Waals surface area contributed by atoms with Crippen molar-refractivity contribution in [2.24, 2.45) is 5.92 Å². The molecule has 0 saturated heterocycles. The zero-order valence-corrected chi connectivity index (χ0v) is 12.4. The molecule has 1 aliphatic heterocycles. The zero-order chi connectivity index (χ0) is 14.8. The van der Waals surface area contributed by atoms with Crippen molar-refractivity contribution < 1.29 is 14.3 Å². The summed E-state index contributed by atoms with van der Waals surface area (Å²) in [6.45, 7) is 1.42. The van der Waals surface area contributed by atoms with Gasteiger partial charge in [-0.2, -0.15) is 0 Å². The first-order valence-corrected chi connectivity index (χ1v) is 7.48. The van der Waals surface area contributed by atoms with Crippen molar-refractivity contribution in [2.45, 2.75) is 19.4 Å². The molecule has 5 nitrogen and oxygen atoms in total. The maximum atomic E-state index is 12.0. The number of rotatable bonds is 4. The third kappa shape index (κ3) is 3.47. The molecule has 0 bridgehead atoms. The van der Waals surface area contributed by atoms with Crippen molar-refractivity contribution >= 4 is 23.4 Å². The van der Waals surface area contributed by atoms with Crippen LogP contribution in [0.5, 0.6) is 5.75 Å². The second-order valence-corrected chi connectivity index (χ2v) is 5.86. The predicted octanol–water partition coefficient (Wildman–Crippen LogP) is 1.59. The first-order valence-electron chi connectivity index (χ1n) is 7.10. The molecule has 1 aliphatic carbocycles. The molecule has 0 spiro atoms. The molecule has 2 aliphatic rings. The van der Waals surface area contributed by atoms with Gasteiger partial charge in [-0.25, -0.2) is 0 Å². The highest BCUT2D eigenvalue weighted by Gasteiger charge is 2.29. The SMILES string of the molecule is O=C(NCCN1Cc2cc(Cl)ccc2OCC1=O)C1CC1. The van der Waals surface area contributed by atoms with Crippen molar-refractivity contribution in [1.29, 1.82) is 0 Å². The van der Waals surface area contributed by atoms with E-state index in [-0.39, 0.29) is 24.3 Å². The molecule has 0 radical (unpaired) electrons. The number of carbonyl (C=O) groups is 2. The van der Waals surface area contributed by atoms with Gasteiger partial charge in [-0.1, -0.05) is 11.6 Å². The summed E-state index contributed by atoms with van der Waals surface area (Å²) in [4.78, 5) is 25.3. The molecule has 21 heavy (non-hydrogen) atoms. The van der Waals surface area contributed by atoms with Crippen LogP contribution in [0.25, 0.3) is 0 Å². The Labute approximate surface area is 128 Å². The summed E-state index contributed by atoms with van der Waals surface area (Å²) in [7, 11) is 0. The Morgan fingerprint density at radius 2 is 2.24 bits per heavy atom. The summed E-state index contributed by atoms with van der Waals surface area (Å²) in [6.07, 6.45) is 1.96. The minimum Gasteiger partial charge on any atom is -0.483 e. The summed E-state index contributed by atoms with van der Waals surface area (Å²) in [5, 5.41) is 3.49. The number of carbonyl (C=O) groups excluding carboxylic acids is 2. The average molecular weight is 309 g/mol. The van der Waals surface area contributed by atoms with Crippen LogP contribution in [0.15, 0.2) is 18.2 Å². The van der Waals surface area contributed by atoms with Crippen LogP contribution in [0.2, 0.25) is 5.02 Å². The highest BCUT2D eigenvalue weighted by molar-refractivity contribution is 6.30. The fourth-order valence-electron chi connectivity index (χ4n) is 2.34. The highest BCUT2D eigenvalue weighted by Crippen LogP contribution is 2.29. The van der Waals surface area contributed by atoms with Crippen LogP contribution < -0.4 is 10.1 Å². The maximum Gasteiger partial charge on any atom is 0.260 e. The van der Waals surface area contributed by atoms with Crippen LogP contribution in [-0.2, 0) is 16.1 Å². The van der Waals surface area contributed by atoms with Crippen LogP contribution in [-0.4, -0.2) is 36.4 Å². The van der Waals surface area contributed by atoms with Crippen LogP contribution in [0.1, 0.15) is 18.4 Å². The number of fused-ring (bicyclic) bond motifs is 1. The van der Waals surface area contributed by atoms with E-state index in [2.05, 4.69) is 5.32 Å². The Balaban J connectivity index is 1.61. The molecular weight excluding hydrogens is 292 g/mol. The minimum absolute atomic E-state index is 0.0191. The Morgan fingerprint density at radius 1 is 1.43 bits per heavy atom. The second kappa shape index (κ2) is 5.93. The molecule has 0 unspecified atom stereocenters. The lowest BCUT2D eigenvalue weighted by Gasteiger charge is -2.20. The van der Waals surface area contributed by atoms with Crippen molar-refractivity contribution in [1.82, 2.24) is 10.2 Å². The quantitative estimate of drug-likeness (QED) is 0.919. The van der Waals surface area contributed by atoms with Gasteiger partial charge in [-0.3, -0.25) is 9.59 Å². The van der Waals surface area contributed by atoms with Gasteiger partial charge in [0.25, 0.3) is 5.91 Å². The standard InChI is InChI=1S/C15H17ClN2O3/c16-12-3-4-13-11(7-12)8-18(14(19)9-21-13)6-5-17-15(20)10-1-2-10/h3-4,7,10H,1-2,5-6,8-9H2,(H,17,20). The van der Waals surface area contributed by atoms with Crippen molar-refractivity contribution in [3.8, 4) is 5.75 Å². The van der Waals surface area contributed by atoms with Crippen molar-refractivity contribution in [3.63, 3.8) is 0 Å². The summed E-state index contributed by atoms with van der Waals surface area (Å²) in [5.41, 5.74) is 0.891.